The Morgan fingerprint density at radius 2 is 1.88 bits per heavy atom. The molecule has 1 aliphatic rings. The first-order valence-corrected chi connectivity index (χ1v) is 11.0. The minimum Gasteiger partial charge on any atom is -0.507 e. The molecule has 0 spiro atoms. The molecule has 1 fully saturated rings. The lowest BCUT2D eigenvalue weighted by Crippen LogP contribution is -2.48. The molecule has 0 unspecified atom stereocenters. The largest absolute Gasteiger partial charge is 0.507 e. The summed E-state index contributed by atoms with van der Waals surface area (Å²) >= 11 is 0. The Hall–Kier alpha value is -3.03. The summed E-state index contributed by atoms with van der Waals surface area (Å²) in [6.45, 7) is 8.36. The second kappa shape index (κ2) is 9.63. The zero-order valence-electron chi connectivity index (χ0n) is 18.5. The number of aromatic nitrogens is 2. The molecule has 1 aliphatic heterocycles. The van der Waals surface area contributed by atoms with Gasteiger partial charge in [0.1, 0.15) is 11.6 Å². The number of aromatic hydroxyl groups is 1. The third kappa shape index (κ3) is 4.59. The molecular formula is C25H29FN4O2. The van der Waals surface area contributed by atoms with Crippen LogP contribution in [0.1, 0.15) is 35.5 Å². The molecule has 168 valence electrons. The van der Waals surface area contributed by atoms with E-state index in [-0.39, 0.29) is 22.7 Å². The Kier molecular flexibility index (Phi) is 6.67. The van der Waals surface area contributed by atoms with E-state index in [1.54, 1.807) is 29.8 Å². The number of nitrogens with zero attached hydrogens (tertiary/aromatic N) is 4. The molecule has 0 aliphatic carbocycles. The van der Waals surface area contributed by atoms with Crippen molar-refractivity contribution in [1.82, 2.24) is 19.4 Å². The van der Waals surface area contributed by atoms with Gasteiger partial charge in [-0.1, -0.05) is 25.1 Å². The van der Waals surface area contributed by atoms with Crippen LogP contribution in [-0.2, 0) is 6.54 Å². The number of piperazine rings is 1. The molecule has 6 nitrogen and oxygen atoms in total. The first kappa shape index (κ1) is 22.2. The minimum atomic E-state index is -0.534. The fourth-order valence-corrected chi connectivity index (χ4v) is 4.45. The van der Waals surface area contributed by atoms with Crippen LogP contribution < -0.4 is 5.56 Å². The van der Waals surface area contributed by atoms with Gasteiger partial charge < -0.3 is 14.6 Å². The van der Waals surface area contributed by atoms with Crippen molar-refractivity contribution in [3.05, 3.63) is 93.4 Å². The van der Waals surface area contributed by atoms with Crippen molar-refractivity contribution < 1.29 is 9.50 Å². The average molecular weight is 437 g/mol. The highest BCUT2D eigenvalue weighted by Crippen LogP contribution is 2.33. The molecular weight excluding hydrogens is 407 g/mol. The lowest BCUT2D eigenvalue weighted by Gasteiger charge is -2.39. The van der Waals surface area contributed by atoms with Crippen LogP contribution in [-0.4, -0.2) is 57.2 Å². The number of aryl methyl sites for hydroxylation is 1. The Labute approximate surface area is 187 Å². The maximum absolute atomic E-state index is 14.2. The van der Waals surface area contributed by atoms with E-state index >= 15 is 0 Å². The number of hydrogen-bond donors (Lipinski definition) is 1. The first-order valence-electron chi connectivity index (χ1n) is 11.0. The molecule has 0 amide bonds. The third-order valence-corrected chi connectivity index (χ3v) is 6.23. The lowest BCUT2D eigenvalue weighted by molar-refractivity contribution is 0.111. The van der Waals surface area contributed by atoms with Crippen LogP contribution >= 0.6 is 0 Å². The standard InChI is InChI=1S/C25H29FN4O2/c1-3-28-11-13-29(14-12-28)24(19-7-6-8-20(26)16-19)23-22(31)15-18(2)30(25(23)32)17-21-9-4-5-10-27-21/h4-10,15-16,24,31H,3,11-14,17H2,1-2H3/t24-/m0/s1. The lowest BCUT2D eigenvalue weighted by atomic mass is 9.95. The molecule has 1 aromatic carbocycles. The second-order valence-electron chi connectivity index (χ2n) is 8.22. The van der Waals surface area contributed by atoms with Crippen molar-refractivity contribution in [2.75, 3.05) is 32.7 Å². The van der Waals surface area contributed by atoms with Gasteiger partial charge >= 0.3 is 0 Å². The van der Waals surface area contributed by atoms with E-state index in [1.807, 2.05) is 24.3 Å². The van der Waals surface area contributed by atoms with Crippen LogP contribution in [0.25, 0.3) is 0 Å². The van der Waals surface area contributed by atoms with Crippen LogP contribution in [0.15, 0.2) is 59.5 Å². The molecule has 3 heterocycles. The Morgan fingerprint density at radius 3 is 2.53 bits per heavy atom. The van der Waals surface area contributed by atoms with Crippen molar-refractivity contribution in [1.29, 1.82) is 0 Å². The van der Waals surface area contributed by atoms with Crippen LogP contribution in [0.4, 0.5) is 4.39 Å². The van der Waals surface area contributed by atoms with Gasteiger partial charge in [-0.15, -0.1) is 0 Å². The average Bonchev–Trinajstić information content (AvgIpc) is 2.80. The van der Waals surface area contributed by atoms with Gasteiger partial charge in [0.2, 0.25) is 0 Å². The van der Waals surface area contributed by atoms with Gasteiger partial charge in [-0.05, 0) is 49.4 Å². The Morgan fingerprint density at radius 1 is 1.09 bits per heavy atom. The predicted molar refractivity (Wildman–Crippen MR) is 122 cm³/mol. The highest BCUT2D eigenvalue weighted by atomic mass is 19.1. The van der Waals surface area contributed by atoms with Gasteiger partial charge in [0.05, 0.1) is 23.8 Å². The van der Waals surface area contributed by atoms with E-state index < -0.39 is 6.04 Å². The predicted octanol–water partition coefficient (Wildman–Crippen LogP) is 3.17. The normalized spacial score (nSPS) is 16.2. The summed E-state index contributed by atoms with van der Waals surface area (Å²) in [6, 6.07) is 13.0. The van der Waals surface area contributed by atoms with Gasteiger partial charge in [-0.25, -0.2) is 4.39 Å². The summed E-state index contributed by atoms with van der Waals surface area (Å²) in [5.74, 6) is -0.419. The van der Waals surface area contributed by atoms with Gasteiger partial charge in [0, 0.05) is 38.1 Å². The fourth-order valence-electron chi connectivity index (χ4n) is 4.45. The van der Waals surface area contributed by atoms with Gasteiger partial charge in [0.15, 0.2) is 0 Å². The summed E-state index contributed by atoms with van der Waals surface area (Å²) in [6.07, 6.45) is 1.69. The van der Waals surface area contributed by atoms with Crippen LogP contribution in [0.5, 0.6) is 5.75 Å². The number of pyridine rings is 2. The molecule has 3 aromatic rings. The molecule has 2 aromatic heterocycles. The minimum absolute atomic E-state index is 0.0584. The zero-order chi connectivity index (χ0) is 22.7. The zero-order valence-corrected chi connectivity index (χ0v) is 18.5. The number of rotatable bonds is 6. The fraction of sp³-hybridized carbons (Fsp3) is 0.360. The van der Waals surface area contributed by atoms with Crippen LogP contribution in [0, 0.1) is 12.7 Å². The number of likely N-dealkylation sites (N-methyl/N-ethyl adjacent to an activating group) is 1. The van der Waals surface area contributed by atoms with Crippen LogP contribution in [0.3, 0.4) is 0 Å². The highest BCUT2D eigenvalue weighted by molar-refractivity contribution is 5.41. The number of halogens is 1. The second-order valence-corrected chi connectivity index (χ2v) is 8.22. The van der Waals surface area contributed by atoms with Gasteiger partial charge in [-0.2, -0.15) is 0 Å². The van der Waals surface area contributed by atoms with E-state index in [0.717, 1.165) is 38.4 Å². The monoisotopic (exact) mass is 436 g/mol. The smallest absolute Gasteiger partial charge is 0.260 e. The summed E-state index contributed by atoms with van der Waals surface area (Å²) in [4.78, 5) is 22.6. The van der Waals surface area contributed by atoms with E-state index in [4.69, 9.17) is 0 Å². The summed E-state index contributed by atoms with van der Waals surface area (Å²) in [7, 11) is 0. The van der Waals surface area contributed by atoms with E-state index in [1.165, 1.54) is 12.1 Å². The highest BCUT2D eigenvalue weighted by Gasteiger charge is 2.31. The molecule has 4 rings (SSSR count). The molecule has 0 radical (unpaired) electrons. The summed E-state index contributed by atoms with van der Waals surface area (Å²) < 4.78 is 15.8. The maximum atomic E-state index is 14.2. The number of benzene rings is 1. The van der Waals surface area contributed by atoms with Crippen LogP contribution in [0.2, 0.25) is 0 Å². The maximum Gasteiger partial charge on any atom is 0.260 e. The van der Waals surface area contributed by atoms with E-state index in [9.17, 15) is 14.3 Å². The molecule has 0 bridgehead atoms. The number of hydrogen-bond acceptors (Lipinski definition) is 5. The quantitative estimate of drug-likeness (QED) is 0.643. The van der Waals surface area contributed by atoms with E-state index in [0.29, 0.717) is 17.8 Å². The van der Waals surface area contributed by atoms with Crippen molar-refractivity contribution in [3.63, 3.8) is 0 Å². The molecule has 0 saturated carbocycles. The molecule has 1 N–H and O–H groups in total. The molecule has 7 heteroatoms. The van der Waals surface area contributed by atoms with E-state index in [2.05, 4.69) is 21.7 Å². The van der Waals surface area contributed by atoms with Gasteiger partial charge in [0.25, 0.3) is 5.56 Å². The SMILES string of the molecule is CCN1CCN([C@@H](c2cccc(F)c2)c2c(O)cc(C)n(Cc3ccccn3)c2=O)CC1. The Bertz CT molecular complexity index is 1120. The first-order chi connectivity index (χ1) is 15.5. The summed E-state index contributed by atoms with van der Waals surface area (Å²) in [5.41, 5.74) is 2.07. The molecule has 1 saturated heterocycles. The van der Waals surface area contributed by atoms with Crippen molar-refractivity contribution in [2.24, 2.45) is 0 Å². The molecule has 32 heavy (non-hydrogen) atoms. The van der Waals surface area contributed by atoms with Crippen molar-refractivity contribution in [2.45, 2.75) is 26.4 Å². The topological polar surface area (TPSA) is 61.6 Å². The Balaban J connectivity index is 1.82. The van der Waals surface area contributed by atoms with Gasteiger partial charge in [-0.3, -0.25) is 14.7 Å². The van der Waals surface area contributed by atoms with Crippen molar-refractivity contribution in [3.8, 4) is 5.75 Å². The summed E-state index contributed by atoms with van der Waals surface area (Å²) in [5, 5.41) is 10.9. The third-order valence-electron chi connectivity index (χ3n) is 6.23. The molecule has 1 atom stereocenters. The van der Waals surface area contributed by atoms with Crippen molar-refractivity contribution >= 4 is 0 Å².